The Morgan fingerprint density at radius 2 is 1.88 bits per heavy atom. The van der Waals surface area contributed by atoms with Crippen LogP contribution in [-0.4, -0.2) is 29.5 Å². The lowest BCUT2D eigenvalue weighted by Crippen LogP contribution is -2.40. The number of hydrogen-bond acceptors (Lipinski definition) is 3. The Morgan fingerprint density at radius 3 is 2.56 bits per heavy atom. The smallest absolute Gasteiger partial charge is 0.0880 e. The fraction of sp³-hybridized carbons (Fsp3) is 1.00. The van der Waals surface area contributed by atoms with E-state index in [4.69, 9.17) is 10.5 Å². The van der Waals surface area contributed by atoms with Gasteiger partial charge in [0, 0.05) is 6.04 Å². The maximum atomic E-state index is 10.3. The van der Waals surface area contributed by atoms with Gasteiger partial charge < -0.3 is 15.6 Å². The molecule has 0 aromatic carbocycles. The van der Waals surface area contributed by atoms with Crippen LogP contribution < -0.4 is 5.73 Å². The minimum Gasteiger partial charge on any atom is -0.387 e. The molecule has 0 bridgehead atoms. The van der Waals surface area contributed by atoms with E-state index in [1.165, 1.54) is 12.8 Å². The molecule has 3 N–H and O–H groups in total. The lowest BCUT2D eigenvalue weighted by Gasteiger charge is -2.35. The highest BCUT2D eigenvalue weighted by molar-refractivity contribution is 4.83. The van der Waals surface area contributed by atoms with Crippen molar-refractivity contribution in [1.29, 1.82) is 0 Å². The fourth-order valence-corrected chi connectivity index (χ4v) is 2.96. The topological polar surface area (TPSA) is 55.5 Å². The number of nitrogens with two attached hydrogens (primary N) is 1. The third kappa shape index (κ3) is 3.44. The van der Waals surface area contributed by atoms with Gasteiger partial charge in [-0.1, -0.05) is 19.3 Å². The second-order valence-corrected chi connectivity index (χ2v) is 5.64. The lowest BCUT2D eigenvalue weighted by atomic mass is 9.85. The highest BCUT2D eigenvalue weighted by Crippen LogP contribution is 2.29. The molecule has 2 atom stereocenters. The van der Waals surface area contributed by atoms with E-state index in [9.17, 15) is 5.11 Å². The first kappa shape index (κ1) is 12.3. The Hall–Kier alpha value is -0.120. The first-order valence-corrected chi connectivity index (χ1v) is 6.77. The Balaban J connectivity index is 1.73. The molecule has 0 spiro atoms. The van der Waals surface area contributed by atoms with Crippen molar-refractivity contribution in [1.82, 2.24) is 0 Å². The first-order chi connectivity index (χ1) is 7.68. The number of hydrogen-bond donors (Lipinski definition) is 2. The molecular weight excluding hydrogens is 202 g/mol. The Morgan fingerprint density at radius 1 is 1.12 bits per heavy atom. The fourth-order valence-electron chi connectivity index (χ4n) is 2.96. The van der Waals surface area contributed by atoms with Crippen LogP contribution in [0.3, 0.4) is 0 Å². The van der Waals surface area contributed by atoms with Gasteiger partial charge in [-0.15, -0.1) is 0 Å². The Kier molecular flexibility index (Phi) is 4.22. The van der Waals surface area contributed by atoms with E-state index in [0.29, 0.717) is 12.6 Å². The van der Waals surface area contributed by atoms with Crippen LogP contribution in [0.1, 0.15) is 57.8 Å². The second-order valence-electron chi connectivity index (χ2n) is 5.64. The van der Waals surface area contributed by atoms with Crippen LogP contribution in [0.25, 0.3) is 0 Å². The third-order valence-corrected chi connectivity index (χ3v) is 4.04. The van der Waals surface area contributed by atoms with E-state index in [2.05, 4.69) is 0 Å². The standard InChI is InChI=1S/C13H25NO2/c14-11-5-4-6-12(9-11)16-10-13(15)7-2-1-3-8-13/h11-12,15H,1-10,14H2. The van der Waals surface area contributed by atoms with Crippen molar-refractivity contribution in [3.8, 4) is 0 Å². The molecule has 0 radical (unpaired) electrons. The summed E-state index contributed by atoms with van der Waals surface area (Å²) in [7, 11) is 0. The van der Waals surface area contributed by atoms with E-state index < -0.39 is 5.60 Å². The number of rotatable bonds is 3. The summed E-state index contributed by atoms with van der Waals surface area (Å²) in [5.74, 6) is 0. The molecule has 2 unspecified atom stereocenters. The number of aliphatic hydroxyl groups is 1. The van der Waals surface area contributed by atoms with Gasteiger partial charge in [0.15, 0.2) is 0 Å². The van der Waals surface area contributed by atoms with E-state index in [1.807, 2.05) is 0 Å². The predicted molar refractivity (Wildman–Crippen MR) is 64.2 cm³/mol. The predicted octanol–water partition coefficient (Wildman–Crippen LogP) is 1.97. The van der Waals surface area contributed by atoms with E-state index in [0.717, 1.165) is 44.9 Å². The molecule has 0 aromatic rings. The highest BCUT2D eigenvalue weighted by Gasteiger charge is 2.31. The zero-order valence-corrected chi connectivity index (χ0v) is 10.2. The second kappa shape index (κ2) is 5.48. The number of ether oxygens (including phenoxy) is 1. The van der Waals surface area contributed by atoms with Gasteiger partial charge in [0.1, 0.15) is 0 Å². The molecule has 94 valence electrons. The molecule has 2 aliphatic carbocycles. The largest absolute Gasteiger partial charge is 0.387 e. The maximum Gasteiger partial charge on any atom is 0.0880 e. The van der Waals surface area contributed by atoms with Crippen molar-refractivity contribution in [3.05, 3.63) is 0 Å². The van der Waals surface area contributed by atoms with E-state index in [-0.39, 0.29) is 6.10 Å². The van der Waals surface area contributed by atoms with Crippen LogP contribution >= 0.6 is 0 Å². The summed E-state index contributed by atoms with van der Waals surface area (Å²) in [5.41, 5.74) is 5.38. The van der Waals surface area contributed by atoms with Gasteiger partial charge in [-0.25, -0.2) is 0 Å². The molecule has 0 aromatic heterocycles. The SMILES string of the molecule is NC1CCCC(OCC2(O)CCCCC2)C1. The molecule has 0 saturated heterocycles. The summed E-state index contributed by atoms with van der Waals surface area (Å²) < 4.78 is 5.87. The molecule has 0 heterocycles. The van der Waals surface area contributed by atoms with Gasteiger partial charge in [0.2, 0.25) is 0 Å². The molecule has 3 heteroatoms. The average molecular weight is 227 g/mol. The van der Waals surface area contributed by atoms with Gasteiger partial charge >= 0.3 is 0 Å². The van der Waals surface area contributed by atoms with Crippen molar-refractivity contribution in [2.24, 2.45) is 5.73 Å². The van der Waals surface area contributed by atoms with Crippen molar-refractivity contribution >= 4 is 0 Å². The van der Waals surface area contributed by atoms with Crippen molar-refractivity contribution in [2.75, 3.05) is 6.61 Å². The Labute approximate surface area is 98.4 Å². The van der Waals surface area contributed by atoms with Gasteiger partial charge in [0.05, 0.1) is 18.3 Å². The molecule has 2 aliphatic rings. The zero-order chi connectivity index (χ0) is 11.4. The minimum absolute atomic E-state index is 0.287. The van der Waals surface area contributed by atoms with Crippen LogP contribution in [0.2, 0.25) is 0 Å². The average Bonchev–Trinajstić information content (AvgIpc) is 2.28. The maximum absolute atomic E-state index is 10.3. The molecule has 3 nitrogen and oxygen atoms in total. The molecule has 2 rings (SSSR count). The van der Waals surface area contributed by atoms with E-state index >= 15 is 0 Å². The van der Waals surface area contributed by atoms with Gasteiger partial charge in [-0.3, -0.25) is 0 Å². The molecule has 0 amide bonds. The van der Waals surface area contributed by atoms with Crippen LogP contribution in [0.5, 0.6) is 0 Å². The van der Waals surface area contributed by atoms with Gasteiger partial charge in [0.25, 0.3) is 0 Å². The van der Waals surface area contributed by atoms with E-state index in [1.54, 1.807) is 0 Å². The minimum atomic E-state index is -0.542. The third-order valence-electron chi connectivity index (χ3n) is 4.04. The molecular formula is C13H25NO2. The van der Waals surface area contributed by atoms with Crippen molar-refractivity contribution in [3.63, 3.8) is 0 Å². The van der Waals surface area contributed by atoms with Crippen LogP contribution in [-0.2, 0) is 4.74 Å². The summed E-state index contributed by atoms with van der Waals surface area (Å²) in [5, 5.41) is 10.3. The van der Waals surface area contributed by atoms with Crippen molar-refractivity contribution in [2.45, 2.75) is 75.5 Å². The Bertz CT molecular complexity index is 214. The quantitative estimate of drug-likeness (QED) is 0.775. The van der Waals surface area contributed by atoms with Crippen LogP contribution in [0.4, 0.5) is 0 Å². The van der Waals surface area contributed by atoms with Crippen LogP contribution in [0.15, 0.2) is 0 Å². The molecule has 2 saturated carbocycles. The zero-order valence-electron chi connectivity index (χ0n) is 10.2. The summed E-state index contributed by atoms with van der Waals surface area (Å²) in [6.45, 7) is 0.518. The molecule has 0 aliphatic heterocycles. The summed E-state index contributed by atoms with van der Waals surface area (Å²) in [6, 6.07) is 0.305. The first-order valence-electron chi connectivity index (χ1n) is 6.77. The summed E-state index contributed by atoms with van der Waals surface area (Å²) in [6.07, 6.45) is 10.0. The van der Waals surface area contributed by atoms with Crippen molar-refractivity contribution < 1.29 is 9.84 Å². The normalized spacial score (nSPS) is 34.9. The van der Waals surface area contributed by atoms with Gasteiger partial charge in [-0.05, 0) is 38.5 Å². The van der Waals surface area contributed by atoms with Crippen LogP contribution in [0, 0.1) is 0 Å². The van der Waals surface area contributed by atoms with Gasteiger partial charge in [-0.2, -0.15) is 0 Å². The highest BCUT2D eigenvalue weighted by atomic mass is 16.5. The molecule has 2 fully saturated rings. The monoisotopic (exact) mass is 227 g/mol. The summed E-state index contributed by atoms with van der Waals surface area (Å²) in [4.78, 5) is 0. The molecule has 16 heavy (non-hydrogen) atoms. The lowest BCUT2D eigenvalue weighted by molar-refractivity contribution is -0.0980. The summed E-state index contributed by atoms with van der Waals surface area (Å²) >= 11 is 0.